The van der Waals surface area contributed by atoms with E-state index in [4.69, 9.17) is 5.11 Å². The number of aromatic nitrogens is 4. The number of amides is 1. The highest BCUT2D eigenvalue weighted by atomic mass is 16.3. The van der Waals surface area contributed by atoms with Gasteiger partial charge in [0.15, 0.2) is 17.0 Å². The highest BCUT2D eigenvalue weighted by Crippen LogP contribution is 2.20. The second-order valence-corrected chi connectivity index (χ2v) is 5.97. The van der Waals surface area contributed by atoms with Crippen molar-refractivity contribution in [2.24, 2.45) is 5.92 Å². The van der Waals surface area contributed by atoms with Crippen molar-refractivity contribution in [2.45, 2.75) is 26.5 Å². The van der Waals surface area contributed by atoms with E-state index in [0.29, 0.717) is 30.1 Å². The minimum Gasteiger partial charge on any atom is -0.394 e. The molecule has 0 spiro atoms. The number of carbonyl (C=O) groups is 1. The fourth-order valence-electron chi connectivity index (χ4n) is 2.22. The van der Waals surface area contributed by atoms with Crippen LogP contribution in [0.3, 0.4) is 0 Å². The summed E-state index contributed by atoms with van der Waals surface area (Å²) in [5.41, 5.74) is 1.20. The Labute approximate surface area is 140 Å². The summed E-state index contributed by atoms with van der Waals surface area (Å²) in [5.74, 6) is 0.615. The van der Waals surface area contributed by atoms with Crippen LogP contribution in [0.15, 0.2) is 12.7 Å². The molecule has 24 heavy (non-hydrogen) atoms. The van der Waals surface area contributed by atoms with Crippen molar-refractivity contribution in [3.63, 3.8) is 0 Å². The number of aliphatic hydroxyl groups is 2. The Morgan fingerprint density at radius 3 is 2.79 bits per heavy atom. The van der Waals surface area contributed by atoms with Crippen molar-refractivity contribution >= 4 is 22.9 Å². The number of carbonyl (C=O) groups excluding carboxylic acids is 1. The van der Waals surface area contributed by atoms with Gasteiger partial charge in [0.25, 0.3) is 0 Å². The topological polar surface area (TPSA) is 116 Å². The van der Waals surface area contributed by atoms with Crippen LogP contribution >= 0.6 is 0 Å². The summed E-state index contributed by atoms with van der Waals surface area (Å²) in [7, 11) is 1.87. The average molecular weight is 336 g/mol. The highest BCUT2D eigenvalue weighted by Gasteiger charge is 2.15. The van der Waals surface area contributed by atoms with Crippen LogP contribution in [0.1, 0.15) is 13.8 Å². The van der Waals surface area contributed by atoms with Crippen LogP contribution in [-0.2, 0) is 11.3 Å². The zero-order valence-corrected chi connectivity index (χ0v) is 14.2. The van der Waals surface area contributed by atoms with E-state index < -0.39 is 6.10 Å². The van der Waals surface area contributed by atoms with Crippen molar-refractivity contribution in [3.8, 4) is 0 Å². The van der Waals surface area contributed by atoms with E-state index in [1.165, 1.54) is 6.33 Å². The third kappa shape index (κ3) is 4.18. The van der Waals surface area contributed by atoms with Crippen LogP contribution in [0.5, 0.6) is 0 Å². The molecule has 2 aromatic rings. The van der Waals surface area contributed by atoms with Crippen molar-refractivity contribution in [3.05, 3.63) is 12.7 Å². The van der Waals surface area contributed by atoms with Crippen molar-refractivity contribution in [1.29, 1.82) is 0 Å². The van der Waals surface area contributed by atoms with E-state index in [0.717, 1.165) is 0 Å². The zero-order chi connectivity index (χ0) is 17.7. The maximum absolute atomic E-state index is 11.6. The highest BCUT2D eigenvalue weighted by molar-refractivity contribution is 5.83. The first kappa shape index (κ1) is 18.1. The standard InChI is InChI=1S/C15H24N6O3/c1-10(2)15(24)16-4-5-20(3)13-12-14(18-8-17-13)21(9-19-12)6-11(23)7-22/h8-11,22-23H,4-7H2,1-3H3,(H,16,24). The number of hydrogen-bond acceptors (Lipinski definition) is 7. The van der Waals surface area contributed by atoms with E-state index in [1.54, 1.807) is 10.9 Å². The predicted molar refractivity (Wildman–Crippen MR) is 89.5 cm³/mol. The molecule has 9 nitrogen and oxygen atoms in total. The third-order valence-corrected chi connectivity index (χ3v) is 3.63. The quantitative estimate of drug-likeness (QED) is 0.589. The van der Waals surface area contributed by atoms with Gasteiger partial charge < -0.3 is 25.0 Å². The Kier molecular flexibility index (Phi) is 6.04. The summed E-state index contributed by atoms with van der Waals surface area (Å²) >= 11 is 0. The van der Waals surface area contributed by atoms with Crippen molar-refractivity contribution in [2.75, 3.05) is 31.6 Å². The van der Waals surface area contributed by atoms with Crippen molar-refractivity contribution in [1.82, 2.24) is 24.8 Å². The fourth-order valence-corrected chi connectivity index (χ4v) is 2.22. The number of nitrogens with one attached hydrogen (secondary N) is 1. The van der Waals surface area contributed by atoms with Crippen LogP contribution in [0.2, 0.25) is 0 Å². The normalized spacial score (nSPS) is 12.6. The Hall–Kier alpha value is -2.26. The Morgan fingerprint density at radius 2 is 2.12 bits per heavy atom. The number of rotatable bonds is 8. The number of anilines is 1. The molecule has 2 heterocycles. The molecule has 9 heteroatoms. The van der Waals surface area contributed by atoms with Gasteiger partial charge >= 0.3 is 0 Å². The van der Waals surface area contributed by atoms with Gasteiger partial charge in [0, 0.05) is 26.1 Å². The molecule has 0 aromatic carbocycles. The van der Waals surface area contributed by atoms with Gasteiger partial charge in [-0.25, -0.2) is 15.0 Å². The monoisotopic (exact) mass is 336 g/mol. The molecular formula is C15H24N6O3. The molecule has 0 radical (unpaired) electrons. The first-order chi connectivity index (χ1) is 11.4. The molecule has 2 rings (SSSR count). The molecule has 2 aromatic heterocycles. The molecule has 0 aliphatic heterocycles. The minimum atomic E-state index is -0.871. The molecule has 0 aliphatic rings. The SMILES string of the molecule is CC(C)C(=O)NCCN(C)c1ncnc2c1ncn2CC(O)CO. The van der Waals surface area contributed by atoms with Gasteiger partial charge in [0.2, 0.25) is 5.91 Å². The predicted octanol–water partition coefficient (Wildman–Crippen LogP) is -0.612. The smallest absolute Gasteiger partial charge is 0.222 e. The number of aliphatic hydroxyl groups excluding tert-OH is 2. The molecule has 0 saturated heterocycles. The van der Waals surface area contributed by atoms with Crippen LogP contribution < -0.4 is 10.2 Å². The minimum absolute atomic E-state index is 0.0125. The second kappa shape index (κ2) is 8.02. The van der Waals surface area contributed by atoms with E-state index in [2.05, 4.69) is 20.3 Å². The number of likely N-dealkylation sites (N-methyl/N-ethyl adjacent to an activating group) is 1. The zero-order valence-electron chi connectivity index (χ0n) is 14.2. The maximum atomic E-state index is 11.6. The van der Waals surface area contributed by atoms with Gasteiger partial charge in [-0.3, -0.25) is 4.79 Å². The third-order valence-electron chi connectivity index (χ3n) is 3.63. The Morgan fingerprint density at radius 1 is 1.38 bits per heavy atom. The van der Waals surface area contributed by atoms with Crippen LogP contribution in [0, 0.1) is 5.92 Å². The summed E-state index contributed by atoms with van der Waals surface area (Å²) < 4.78 is 1.68. The summed E-state index contributed by atoms with van der Waals surface area (Å²) in [6.45, 7) is 4.66. The van der Waals surface area contributed by atoms with Crippen LogP contribution in [0.4, 0.5) is 5.82 Å². The molecule has 1 unspecified atom stereocenters. The molecule has 0 bridgehead atoms. The summed E-state index contributed by atoms with van der Waals surface area (Å²) in [5, 5.41) is 21.4. The molecule has 1 amide bonds. The molecule has 1 atom stereocenters. The van der Waals surface area contributed by atoms with E-state index in [9.17, 15) is 9.90 Å². The van der Waals surface area contributed by atoms with Gasteiger partial charge in [0.05, 0.1) is 25.6 Å². The van der Waals surface area contributed by atoms with Gasteiger partial charge in [-0.15, -0.1) is 0 Å². The molecule has 132 valence electrons. The summed E-state index contributed by atoms with van der Waals surface area (Å²) in [6, 6.07) is 0. The summed E-state index contributed by atoms with van der Waals surface area (Å²) in [6.07, 6.45) is 2.13. The second-order valence-electron chi connectivity index (χ2n) is 5.97. The van der Waals surface area contributed by atoms with Gasteiger partial charge in [-0.1, -0.05) is 13.8 Å². The van der Waals surface area contributed by atoms with Crippen LogP contribution in [-0.4, -0.2) is 68.5 Å². The van der Waals surface area contributed by atoms with Crippen LogP contribution in [0.25, 0.3) is 11.2 Å². The molecule has 0 saturated carbocycles. The van der Waals surface area contributed by atoms with E-state index in [-0.39, 0.29) is 25.0 Å². The number of hydrogen-bond donors (Lipinski definition) is 3. The van der Waals surface area contributed by atoms with Gasteiger partial charge in [-0.2, -0.15) is 0 Å². The van der Waals surface area contributed by atoms with E-state index >= 15 is 0 Å². The Bertz CT molecular complexity index is 687. The van der Waals surface area contributed by atoms with Gasteiger partial charge in [-0.05, 0) is 0 Å². The molecular weight excluding hydrogens is 312 g/mol. The average Bonchev–Trinajstić information content (AvgIpc) is 2.97. The molecule has 0 fully saturated rings. The summed E-state index contributed by atoms with van der Waals surface area (Å²) in [4.78, 5) is 26.3. The lowest BCUT2D eigenvalue weighted by atomic mass is 10.2. The maximum Gasteiger partial charge on any atom is 0.222 e. The number of fused-ring (bicyclic) bond motifs is 1. The lowest BCUT2D eigenvalue weighted by molar-refractivity contribution is -0.123. The Balaban J connectivity index is 2.10. The lowest BCUT2D eigenvalue weighted by Crippen LogP contribution is -2.35. The first-order valence-corrected chi connectivity index (χ1v) is 7.87. The first-order valence-electron chi connectivity index (χ1n) is 7.87. The molecule has 0 aliphatic carbocycles. The fraction of sp³-hybridized carbons (Fsp3) is 0.600. The lowest BCUT2D eigenvalue weighted by Gasteiger charge is -2.19. The van der Waals surface area contributed by atoms with E-state index in [1.807, 2.05) is 25.8 Å². The number of nitrogens with zero attached hydrogens (tertiary/aromatic N) is 5. The van der Waals surface area contributed by atoms with Gasteiger partial charge in [0.1, 0.15) is 6.33 Å². The molecule has 3 N–H and O–H groups in total. The largest absolute Gasteiger partial charge is 0.394 e. The number of imidazole rings is 1. The van der Waals surface area contributed by atoms with Crippen molar-refractivity contribution < 1.29 is 15.0 Å².